The Morgan fingerprint density at radius 2 is 1.68 bits per heavy atom. The monoisotopic (exact) mass is 325 g/mol. The highest BCUT2D eigenvalue weighted by molar-refractivity contribution is 7.89. The summed E-state index contributed by atoms with van der Waals surface area (Å²) in [5.41, 5.74) is 2.76. The minimum Gasteiger partial charge on any atom is -0.383 e. The highest BCUT2D eigenvalue weighted by Crippen LogP contribution is 2.31. The largest absolute Gasteiger partial charge is 0.383 e. The van der Waals surface area contributed by atoms with E-state index in [-0.39, 0.29) is 6.04 Å². The second kappa shape index (κ2) is 7.11. The number of rotatable bonds is 6. The van der Waals surface area contributed by atoms with Gasteiger partial charge in [-0.3, -0.25) is 0 Å². The van der Waals surface area contributed by atoms with Crippen molar-refractivity contribution < 1.29 is 13.2 Å². The first-order chi connectivity index (χ1) is 10.4. The highest BCUT2D eigenvalue weighted by atomic mass is 32.2. The van der Waals surface area contributed by atoms with E-state index in [1.807, 2.05) is 32.9 Å². The predicted molar refractivity (Wildman–Crippen MR) is 88.7 cm³/mol. The van der Waals surface area contributed by atoms with E-state index in [4.69, 9.17) is 4.74 Å². The molecule has 0 spiro atoms. The van der Waals surface area contributed by atoms with Crippen molar-refractivity contribution in [3.05, 3.63) is 28.8 Å². The molecule has 1 aromatic carbocycles. The van der Waals surface area contributed by atoms with Gasteiger partial charge in [-0.15, -0.1) is 0 Å². The van der Waals surface area contributed by atoms with Gasteiger partial charge in [0.25, 0.3) is 0 Å². The van der Waals surface area contributed by atoms with E-state index in [1.54, 1.807) is 11.4 Å². The standard InChI is InChI=1S/C17H27NO3S/c1-13-11-14(2)17(15(3)12-13)22(19,20)18(9-10-21-4)16-7-5-6-8-16/h11-12,16H,5-10H2,1-4H3. The van der Waals surface area contributed by atoms with E-state index in [9.17, 15) is 8.42 Å². The van der Waals surface area contributed by atoms with Crippen LogP contribution in [0.4, 0.5) is 0 Å². The first kappa shape index (κ1) is 17.4. The van der Waals surface area contributed by atoms with Gasteiger partial charge in [0, 0.05) is 19.7 Å². The molecule has 0 radical (unpaired) electrons. The van der Waals surface area contributed by atoms with Crippen molar-refractivity contribution in [2.75, 3.05) is 20.3 Å². The Kier molecular flexibility index (Phi) is 5.64. The molecule has 4 nitrogen and oxygen atoms in total. The highest BCUT2D eigenvalue weighted by Gasteiger charge is 2.34. The Morgan fingerprint density at radius 3 is 2.18 bits per heavy atom. The van der Waals surface area contributed by atoms with Crippen LogP contribution >= 0.6 is 0 Å². The molecule has 1 aliphatic carbocycles. The van der Waals surface area contributed by atoms with Gasteiger partial charge in [0.1, 0.15) is 0 Å². The van der Waals surface area contributed by atoms with Crippen LogP contribution in [0.5, 0.6) is 0 Å². The first-order valence-electron chi connectivity index (χ1n) is 7.96. The molecular weight excluding hydrogens is 298 g/mol. The van der Waals surface area contributed by atoms with Crippen molar-refractivity contribution in [2.45, 2.75) is 57.4 Å². The van der Waals surface area contributed by atoms with E-state index in [0.29, 0.717) is 18.0 Å². The zero-order chi connectivity index (χ0) is 16.3. The zero-order valence-electron chi connectivity index (χ0n) is 14.1. The number of methoxy groups -OCH3 is 1. The number of nitrogens with zero attached hydrogens (tertiary/aromatic N) is 1. The molecule has 1 fully saturated rings. The van der Waals surface area contributed by atoms with E-state index in [1.165, 1.54) is 0 Å². The molecule has 124 valence electrons. The lowest BCUT2D eigenvalue weighted by molar-refractivity contribution is 0.166. The first-order valence-corrected chi connectivity index (χ1v) is 9.40. The lowest BCUT2D eigenvalue weighted by atomic mass is 10.1. The molecule has 5 heteroatoms. The fraction of sp³-hybridized carbons (Fsp3) is 0.647. The SMILES string of the molecule is COCCN(C1CCCC1)S(=O)(=O)c1c(C)cc(C)cc1C. The quantitative estimate of drug-likeness (QED) is 0.807. The molecule has 0 unspecified atom stereocenters. The predicted octanol–water partition coefficient (Wildman–Crippen LogP) is 3.19. The summed E-state index contributed by atoms with van der Waals surface area (Å²) in [5, 5.41) is 0. The average molecular weight is 325 g/mol. The summed E-state index contributed by atoms with van der Waals surface area (Å²) in [6, 6.07) is 4.01. The van der Waals surface area contributed by atoms with Gasteiger partial charge in [0.2, 0.25) is 10.0 Å². The number of hydrogen-bond donors (Lipinski definition) is 0. The van der Waals surface area contributed by atoms with E-state index < -0.39 is 10.0 Å². The Bertz CT molecular complexity index is 596. The van der Waals surface area contributed by atoms with Crippen LogP contribution in [0, 0.1) is 20.8 Å². The lowest BCUT2D eigenvalue weighted by Crippen LogP contribution is -2.41. The van der Waals surface area contributed by atoms with E-state index in [2.05, 4.69) is 0 Å². The van der Waals surface area contributed by atoms with Gasteiger partial charge in [0.15, 0.2) is 0 Å². The van der Waals surface area contributed by atoms with Crippen molar-refractivity contribution in [1.29, 1.82) is 0 Å². The van der Waals surface area contributed by atoms with Crippen LogP contribution in [-0.4, -0.2) is 39.0 Å². The van der Waals surface area contributed by atoms with Crippen LogP contribution < -0.4 is 0 Å². The minimum atomic E-state index is -3.48. The fourth-order valence-corrected chi connectivity index (χ4v) is 5.65. The van der Waals surface area contributed by atoms with Gasteiger partial charge in [-0.05, 0) is 44.7 Å². The molecule has 22 heavy (non-hydrogen) atoms. The molecule has 1 aliphatic rings. The molecule has 0 N–H and O–H groups in total. The fourth-order valence-electron chi connectivity index (χ4n) is 3.56. The molecule has 0 amide bonds. The number of aryl methyl sites for hydroxylation is 3. The van der Waals surface area contributed by atoms with Gasteiger partial charge >= 0.3 is 0 Å². The Hall–Kier alpha value is -0.910. The summed E-state index contributed by atoms with van der Waals surface area (Å²) >= 11 is 0. The van der Waals surface area contributed by atoms with Gasteiger partial charge in [-0.2, -0.15) is 4.31 Å². The van der Waals surface area contributed by atoms with Crippen LogP contribution in [0.25, 0.3) is 0 Å². The van der Waals surface area contributed by atoms with Crippen LogP contribution in [0.1, 0.15) is 42.4 Å². The third kappa shape index (κ3) is 3.53. The summed E-state index contributed by atoms with van der Waals surface area (Å²) in [6.45, 7) is 6.62. The van der Waals surface area contributed by atoms with Gasteiger partial charge in [0.05, 0.1) is 11.5 Å². The average Bonchev–Trinajstić information content (AvgIpc) is 2.90. The number of ether oxygens (including phenoxy) is 1. The summed E-state index contributed by atoms with van der Waals surface area (Å²) < 4.78 is 33.3. The van der Waals surface area contributed by atoms with Crippen molar-refractivity contribution in [1.82, 2.24) is 4.31 Å². The smallest absolute Gasteiger partial charge is 0.243 e. The zero-order valence-corrected chi connectivity index (χ0v) is 14.9. The molecule has 0 atom stereocenters. The molecule has 0 bridgehead atoms. The Labute approximate surface area is 134 Å². The summed E-state index contributed by atoms with van der Waals surface area (Å²) in [4.78, 5) is 0.473. The molecule has 1 saturated carbocycles. The van der Waals surface area contributed by atoms with Gasteiger partial charge < -0.3 is 4.74 Å². The van der Waals surface area contributed by atoms with Crippen molar-refractivity contribution >= 4 is 10.0 Å². The third-order valence-corrected chi connectivity index (χ3v) is 6.68. The number of sulfonamides is 1. The van der Waals surface area contributed by atoms with Gasteiger partial charge in [-0.25, -0.2) is 8.42 Å². The topological polar surface area (TPSA) is 46.6 Å². The van der Waals surface area contributed by atoms with Crippen LogP contribution in [0.3, 0.4) is 0 Å². The van der Waals surface area contributed by atoms with Crippen molar-refractivity contribution in [3.63, 3.8) is 0 Å². The molecule has 1 aromatic rings. The number of benzene rings is 1. The van der Waals surface area contributed by atoms with Crippen LogP contribution in [0.15, 0.2) is 17.0 Å². The van der Waals surface area contributed by atoms with Crippen LogP contribution in [-0.2, 0) is 14.8 Å². The van der Waals surface area contributed by atoms with Crippen LogP contribution in [0.2, 0.25) is 0 Å². The molecule has 0 aromatic heterocycles. The summed E-state index contributed by atoms with van der Waals surface area (Å²) in [5.74, 6) is 0. The van der Waals surface area contributed by atoms with Gasteiger partial charge in [-0.1, -0.05) is 30.5 Å². The van der Waals surface area contributed by atoms with Crippen molar-refractivity contribution in [3.8, 4) is 0 Å². The summed E-state index contributed by atoms with van der Waals surface area (Å²) in [7, 11) is -1.87. The number of hydrogen-bond acceptors (Lipinski definition) is 3. The summed E-state index contributed by atoms with van der Waals surface area (Å²) in [6.07, 6.45) is 4.12. The second-order valence-electron chi connectivity index (χ2n) is 6.27. The maximum Gasteiger partial charge on any atom is 0.243 e. The molecule has 0 saturated heterocycles. The maximum atomic E-state index is 13.2. The van der Waals surface area contributed by atoms with Crippen molar-refractivity contribution in [2.24, 2.45) is 0 Å². The molecular formula is C17H27NO3S. The molecule has 0 aliphatic heterocycles. The van der Waals surface area contributed by atoms with E-state index >= 15 is 0 Å². The molecule has 0 heterocycles. The minimum absolute atomic E-state index is 0.111. The Morgan fingerprint density at radius 1 is 1.14 bits per heavy atom. The lowest BCUT2D eigenvalue weighted by Gasteiger charge is -2.29. The Balaban J connectivity index is 2.44. The second-order valence-corrected chi connectivity index (χ2v) is 8.10. The normalized spacial score (nSPS) is 16.6. The molecule has 2 rings (SSSR count). The third-order valence-electron chi connectivity index (χ3n) is 4.42. The maximum absolute atomic E-state index is 13.2. The van der Waals surface area contributed by atoms with E-state index in [0.717, 1.165) is 42.4 Å².